The molecule has 102 valence electrons. The maximum Gasteiger partial charge on any atom is 0.279 e. The van der Waals surface area contributed by atoms with Crippen molar-refractivity contribution in [2.75, 3.05) is 17.6 Å². The lowest BCUT2D eigenvalue weighted by Gasteiger charge is -2.10. The molecule has 0 aliphatic carbocycles. The van der Waals surface area contributed by atoms with Gasteiger partial charge in [-0.1, -0.05) is 0 Å². The fraction of sp³-hybridized carbons (Fsp3) is 0.182. The molecule has 0 saturated heterocycles. The Hall–Kier alpha value is -2.22. The highest BCUT2D eigenvalue weighted by molar-refractivity contribution is 7.92. The van der Waals surface area contributed by atoms with Crippen molar-refractivity contribution in [1.82, 2.24) is 9.78 Å². The minimum atomic E-state index is -3.68. The van der Waals surface area contributed by atoms with Crippen molar-refractivity contribution in [1.29, 1.82) is 0 Å². The Balaban J connectivity index is 2.34. The molecule has 3 N–H and O–H groups in total. The topological polar surface area (TPSA) is 99.2 Å². The predicted octanol–water partition coefficient (Wildman–Crippen LogP) is 0.812. The maximum atomic E-state index is 12.1. The van der Waals surface area contributed by atoms with Crippen molar-refractivity contribution in [3.8, 4) is 5.75 Å². The van der Waals surface area contributed by atoms with Crippen molar-refractivity contribution in [3.63, 3.8) is 0 Å². The van der Waals surface area contributed by atoms with Gasteiger partial charge >= 0.3 is 0 Å². The van der Waals surface area contributed by atoms with E-state index in [1.165, 1.54) is 30.1 Å². The molecule has 0 aliphatic rings. The van der Waals surface area contributed by atoms with Crippen LogP contribution in [0.4, 0.5) is 11.4 Å². The molecule has 0 spiro atoms. The molecule has 0 fully saturated rings. The molecule has 0 radical (unpaired) electrons. The molecule has 8 heteroatoms. The van der Waals surface area contributed by atoms with Crippen LogP contribution in [0.1, 0.15) is 0 Å². The Morgan fingerprint density at radius 1 is 1.37 bits per heavy atom. The summed E-state index contributed by atoms with van der Waals surface area (Å²) in [5.74, 6) is 0.408. The highest BCUT2D eigenvalue weighted by Crippen LogP contribution is 2.26. The molecule has 0 amide bonds. The smallest absolute Gasteiger partial charge is 0.279 e. The zero-order chi connectivity index (χ0) is 14.0. The van der Waals surface area contributed by atoms with Crippen molar-refractivity contribution >= 4 is 21.4 Å². The second kappa shape index (κ2) is 4.81. The summed E-state index contributed by atoms with van der Waals surface area (Å²) in [5, 5.41) is 3.90. The van der Waals surface area contributed by atoms with Crippen molar-refractivity contribution in [2.24, 2.45) is 7.05 Å². The van der Waals surface area contributed by atoms with Crippen LogP contribution >= 0.6 is 0 Å². The third-order valence-corrected chi connectivity index (χ3v) is 3.99. The van der Waals surface area contributed by atoms with Gasteiger partial charge < -0.3 is 10.5 Å². The fourth-order valence-corrected chi connectivity index (χ4v) is 2.78. The van der Waals surface area contributed by atoms with Crippen LogP contribution in [0.15, 0.2) is 35.5 Å². The van der Waals surface area contributed by atoms with Crippen molar-refractivity contribution in [3.05, 3.63) is 30.5 Å². The molecule has 0 saturated carbocycles. The lowest BCUT2D eigenvalue weighted by atomic mass is 10.3. The first-order chi connectivity index (χ1) is 8.94. The summed E-state index contributed by atoms with van der Waals surface area (Å²) in [4.78, 5) is 0. The van der Waals surface area contributed by atoms with Gasteiger partial charge in [-0.05, 0) is 18.2 Å². The second-order valence-corrected chi connectivity index (χ2v) is 5.48. The molecular weight excluding hydrogens is 268 g/mol. The number of anilines is 2. The van der Waals surface area contributed by atoms with Gasteiger partial charge in [0.25, 0.3) is 10.0 Å². The molecule has 0 unspecified atom stereocenters. The van der Waals surface area contributed by atoms with E-state index in [1.54, 1.807) is 19.2 Å². The summed E-state index contributed by atoms with van der Waals surface area (Å²) in [6, 6.07) is 6.06. The number of nitrogen functional groups attached to an aromatic ring is 1. The number of methoxy groups -OCH3 is 1. The Morgan fingerprint density at radius 3 is 2.68 bits per heavy atom. The van der Waals surface area contributed by atoms with E-state index in [0.29, 0.717) is 17.1 Å². The first-order valence-electron chi connectivity index (χ1n) is 5.38. The van der Waals surface area contributed by atoms with Crippen LogP contribution in [0.5, 0.6) is 5.75 Å². The number of benzene rings is 1. The number of hydrogen-bond donors (Lipinski definition) is 2. The van der Waals surface area contributed by atoms with E-state index in [0.717, 1.165) is 0 Å². The van der Waals surface area contributed by atoms with E-state index in [-0.39, 0.29) is 5.03 Å². The molecular formula is C11H14N4O3S. The molecule has 0 atom stereocenters. The van der Waals surface area contributed by atoms with Crippen LogP contribution in [0.3, 0.4) is 0 Å². The normalized spacial score (nSPS) is 11.3. The van der Waals surface area contributed by atoms with Crippen LogP contribution in [0.25, 0.3) is 0 Å². The quantitative estimate of drug-likeness (QED) is 0.808. The number of hydrogen-bond acceptors (Lipinski definition) is 5. The summed E-state index contributed by atoms with van der Waals surface area (Å²) >= 11 is 0. The molecule has 1 heterocycles. The van der Waals surface area contributed by atoms with E-state index >= 15 is 0 Å². The van der Waals surface area contributed by atoms with Gasteiger partial charge in [0.05, 0.1) is 24.7 Å². The average Bonchev–Trinajstić information content (AvgIpc) is 2.78. The molecule has 0 aliphatic heterocycles. The number of aryl methyl sites for hydroxylation is 1. The number of sulfonamides is 1. The van der Waals surface area contributed by atoms with Crippen LogP contribution in [0.2, 0.25) is 0 Å². The number of nitrogens with one attached hydrogen (secondary N) is 1. The van der Waals surface area contributed by atoms with Gasteiger partial charge in [0.2, 0.25) is 0 Å². The maximum absolute atomic E-state index is 12.1. The number of rotatable bonds is 4. The monoisotopic (exact) mass is 282 g/mol. The Bertz CT molecular complexity index is 694. The van der Waals surface area contributed by atoms with Gasteiger partial charge in [-0.3, -0.25) is 9.40 Å². The van der Waals surface area contributed by atoms with Crippen LogP contribution < -0.4 is 15.2 Å². The zero-order valence-corrected chi connectivity index (χ0v) is 11.3. The van der Waals surface area contributed by atoms with Crippen LogP contribution in [-0.4, -0.2) is 25.3 Å². The Morgan fingerprint density at radius 2 is 2.11 bits per heavy atom. The largest absolute Gasteiger partial charge is 0.495 e. The molecule has 1 aromatic heterocycles. The molecule has 2 rings (SSSR count). The van der Waals surface area contributed by atoms with Gasteiger partial charge in [0, 0.05) is 13.1 Å². The van der Waals surface area contributed by atoms with Gasteiger partial charge in [0.15, 0.2) is 5.03 Å². The van der Waals surface area contributed by atoms with Crippen molar-refractivity contribution in [2.45, 2.75) is 5.03 Å². The number of nitrogens with two attached hydrogens (primary N) is 1. The zero-order valence-electron chi connectivity index (χ0n) is 10.5. The number of ether oxygens (including phenoxy) is 1. The van der Waals surface area contributed by atoms with E-state index in [4.69, 9.17) is 10.5 Å². The summed E-state index contributed by atoms with van der Waals surface area (Å²) in [5.41, 5.74) is 6.47. The third-order valence-electron chi connectivity index (χ3n) is 2.54. The summed E-state index contributed by atoms with van der Waals surface area (Å²) < 4.78 is 33.0. The molecule has 0 bridgehead atoms. The lowest BCUT2D eigenvalue weighted by Crippen LogP contribution is -2.16. The van der Waals surface area contributed by atoms with Gasteiger partial charge in [-0.15, -0.1) is 0 Å². The summed E-state index contributed by atoms with van der Waals surface area (Å²) in [6.45, 7) is 0. The minimum Gasteiger partial charge on any atom is -0.495 e. The highest BCUT2D eigenvalue weighted by atomic mass is 32.2. The molecule has 7 nitrogen and oxygen atoms in total. The summed E-state index contributed by atoms with van der Waals surface area (Å²) in [7, 11) is -0.667. The van der Waals surface area contributed by atoms with Crippen LogP contribution in [0, 0.1) is 0 Å². The van der Waals surface area contributed by atoms with E-state index in [1.807, 2.05) is 0 Å². The second-order valence-electron chi connectivity index (χ2n) is 3.86. The predicted molar refractivity (Wildman–Crippen MR) is 71.4 cm³/mol. The Labute approximate surface area is 111 Å². The number of nitrogens with zero attached hydrogens (tertiary/aromatic N) is 2. The van der Waals surface area contributed by atoms with E-state index < -0.39 is 10.0 Å². The molecule has 1 aromatic carbocycles. The van der Waals surface area contributed by atoms with Gasteiger partial charge in [-0.25, -0.2) is 0 Å². The lowest BCUT2D eigenvalue weighted by molar-refractivity contribution is 0.417. The van der Waals surface area contributed by atoms with Crippen LogP contribution in [-0.2, 0) is 17.1 Å². The summed E-state index contributed by atoms with van der Waals surface area (Å²) in [6.07, 6.45) is 1.41. The standard InChI is InChI=1S/C11H14N4O3S/c1-15-11(5-6-13-15)19(16,17)14-8-3-4-9(12)10(7-8)18-2/h3-7,14H,12H2,1-2H3. The molecule has 19 heavy (non-hydrogen) atoms. The highest BCUT2D eigenvalue weighted by Gasteiger charge is 2.18. The SMILES string of the molecule is COc1cc(NS(=O)(=O)c2ccnn2C)ccc1N. The first kappa shape index (κ1) is 13.2. The average molecular weight is 282 g/mol. The fourth-order valence-electron chi connectivity index (χ4n) is 1.61. The van der Waals surface area contributed by atoms with Gasteiger partial charge in [-0.2, -0.15) is 13.5 Å². The van der Waals surface area contributed by atoms with E-state index in [2.05, 4.69) is 9.82 Å². The Kier molecular flexibility index (Phi) is 3.34. The number of aromatic nitrogens is 2. The first-order valence-corrected chi connectivity index (χ1v) is 6.86. The van der Waals surface area contributed by atoms with Gasteiger partial charge in [0.1, 0.15) is 5.75 Å². The molecule has 2 aromatic rings. The van der Waals surface area contributed by atoms with Crippen molar-refractivity contribution < 1.29 is 13.2 Å². The third kappa shape index (κ3) is 2.63. The van der Waals surface area contributed by atoms with E-state index in [9.17, 15) is 8.42 Å². The minimum absolute atomic E-state index is 0.0725.